The second-order valence-electron chi connectivity index (χ2n) is 5.56. The Balaban J connectivity index is 1.55. The molecule has 0 saturated heterocycles. The number of pyridine rings is 1. The number of nitrogens with one attached hydrogen (secondary N) is 2. The summed E-state index contributed by atoms with van der Waals surface area (Å²) >= 11 is 0. The molecule has 118 valence electrons. The minimum atomic E-state index is -0.284. The molecule has 0 radical (unpaired) electrons. The minimum Gasteiger partial charge on any atom is -0.272 e. The monoisotopic (exact) mass is 317 g/mol. The van der Waals surface area contributed by atoms with Gasteiger partial charge in [0.1, 0.15) is 5.69 Å². The summed E-state index contributed by atoms with van der Waals surface area (Å²) in [5, 5.41) is 11.2. The van der Waals surface area contributed by atoms with E-state index in [0.717, 1.165) is 35.2 Å². The Morgan fingerprint density at radius 2 is 2.00 bits per heavy atom. The van der Waals surface area contributed by atoms with Crippen molar-refractivity contribution in [2.45, 2.75) is 12.8 Å². The number of H-pyrrole nitrogens is 1. The lowest BCUT2D eigenvalue weighted by Crippen LogP contribution is -2.20. The highest BCUT2D eigenvalue weighted by Gasteiger charge is 2.24. The van der Waals surface area contributed by atoms with Crippen LogP contribution in [0.5, 0.6) is 0 Å². The van der Waals surface area contributed by atoms with Crippen LogP contribution in [0.4, 0.5) is 0 Å². The van der Waals surface area contributed by atoms with E-state index in [1.807, 2.05) is 30.3 Å². The van der Waals surface area contributed by atoms with Crippen molar-refractivity contribution in [2.24, 2.45) is 5.10 Å². The van der Waals surface area contributed by atoms with Crippen molar-refractivity contribution in [3.05, 3.63) is 71.2 Å². The Bertz CT molecular complexity index is 914. The van der Waals surface area contributed by atoms with E-state index in [1.54, 1.807) is 18.6 Å². The van der Waals surface area contributed by atoms with Gasteiger partial charge in [-0.1, -0.05) is 24.3 Å². The largest absolute Gasteiger partial charge is 0.289 e. The minimum absolute atomic E-state index is 0.284. The van der Waals surface area contributed by atoms with E-state index in [1.165, 1.54) is 5.56 Å². The molecule has 24 heavy (non-hydrogen) atoms. The van der Waals surface area contributed by atoms with Crippen molar-refractivity contribution in [1.82, 2.24) is 20.6 Å². The number of nitrogens with zero attached hydrogens (tertiary/aromatic N) is 3. The number of aryl methyl sites for hydroxylation is 1. The first-order valence-electron chi connectivity index (χ1n) is 7.72. The maximum atomic E-state index is 12.4. The molecule has 2 aromatic heterocycles. The highest BCUT2D eigenvalue weighted by atomic mass is 16.2. The van der Waals surface area contributed by atoms with Crippen LogP contribution in [0.3, 0.4) is 0 Å². The van der Waals surface area contributed by atoms with Gasteiger partial charge in [0.15, 0.2) is 0 Å². The van der Waals surface area contributed by atoms with Crippen LogP contribution >= 0.6 is 0 Å². The van der Waals surface area contributed by atoms with Gasteiger partial charge >= 0.3 is 0 Å². The molecule has 1 aromatic carbocycles. The maximum Gasteiger partial charge on any atom is 0.289 e. The number of hydrogen-bond donors (Lipinski definition) is 2. The van der Waals surface area contributed by atoms with Gasteiger partial charge < -0.3 is 0 Å². The molecule has 0 aliphatic heterocycles. The van der Waals surface area contributed by atoms with Gasteiger partial charge in [-0.3, -0.25) is 14.9 Å². The van der Waals surface area contributed by atoms with Crippen molar-refractivity contribution >= 4 is 12.1 Å². The van der Waals surface area contributed by atoms with Gasteiger partial charge in [-0.05, 0) is 36.1 Å². The van der Waals surface area contributed by atoms with E-state index < -0.39 is 0 Å². The third kappa shape index (κ3) is 2.58. The van der Waals surface area contributed by atoms with Crippen LogP contribution in [0.2, 0.25) is 0 Å². The van der Waals surface area contributed by atoms with Gasteiger partial charge in [0.05, 0.1) is 11.9 Å². The average molecular weight is 317 g/mol. The van der Waals surface area contributed by atoms with Crippen LogP contribution in [-0.2, 0) is 12.8 Å². The van der Waals surface area contributed by atoms with Crippen LogP contribution < -0.4 is 5.43 Å². The predicted octanol–water partition coefficient (Wildman–Crippen LogP) is 2.33. The number of rotatable bonds is 3. The van der Waals surface area contributed by atoms with E-state index in [2.05, 4.69) is 31.8 Å². The van der Waals surface area contributed by atoms with Crippen LogP contribution in [0.1, 0.15) is 27.2 Å². The van der Waals surface area contributed by atoms with Gasteiger partial charge in [0.2, 0.25) is 0 Å². The predicted molar refractivity (Wildman–Crippen MR) is 90.7 cm³/mol. The normalized spacial score (nSPS) is 12.7. The molecular weight excluding hydrogens is 302 g/mol. The summed E-state index contributed by atoms with van der Waals surface area (Å²) in [4.78, 5) is 16.3. The molecule has 2 N–H and O–H groups in total. The fraction of sp³-hybridized carbons (Fsp3) is 0.111. The number of aromatic amines is 1. The van der Waals surface area contributed by atoms with Crippen molar-refractivity contribution in [1.29, 1.82) is 0 Å². The van der Waals surface area contributed by atoms with E-state index in [4.69, 9.17) is 0 Å². The van der Waals surface area contributed by atoms with Crippen molar-refractivity contribution < 1.29 is 4.79 Å². The average Bonchev–Trinajstić information content (AvgIpc) is 3.07. The van der Waals surface area contributed by atoms with Gasteiger partial charge in [-0.15, -0.1) is 0 Å². The summed E-state index contributed by atoms with van der Waals surface area (Å²) in [6.45, 7) is 0. The highest BCUT2D eigenvalue weighted by molar-refractivity contribution is 5.96. The molecule has 4 rings (SSSR count). The summed E-state index contributed by atoms with van der Waals surface area (Å²) in [6, 6.07) is 11.8. The Morgan fingerprint density at radius 3 is 2.88 bits per heavy atom. The van der Waals surface area contributed by atoms with Crippen LogP contribution in [-0.4, -0.2) is 27.3 Å². The van der Waals surface area contributed by atoms with Crippen molar-refractivity contribution in [2.75, 3.05) is 0 Å². The number of hydrazone groups is 1. The molecule has 1 aliphatic carbocycles. The molecule has 0 unspecified atom stereocenters. The number of fused-ring (bicyclic) bond motifs is 3. The smallest absolute Gasteiger partial charge is 0.272 e. The van der Waals surface area contributed by atoms with E-state index in [9.17, 15) is 4.79 Å². The molecule has 0 spiro atoms. The Kier molecular flexibility index (Phi) is 3.63. The molecular formula is C18H15N5O. The lowest BCUT2D eigenvalue weighted by Gasteiger charge is -2.15. The molecule has 0 bridgehead atoms. The number of carbonyl (C=O) groups is 1. The van der Waals surface area contributed by atoms with E-state index >= 15 is 0 Å². The number of carbonyl (C=O) groups excluding carboxylic acids is 1. The molecule has 0 saturated carbocycles. The number of aromatic nitrogens is 3. The topological polar surface area (TPSA) is 83.0 Å². The first kappa shape index (κ1) is 14.3. The first-order chi connectivity index (χ1) is 11.8. The molecule has 6 heteroatoms. The van der Waals surface area contributed by atoms with E-state index in [0.29, 0.717) is 5.69 Å². The zero-order chi connectivity index (χ0) is 16.4. The lowest BCUT2D eigenvalue weighted by atomic mass is 9.89. The maximum absolute atomic E-state index is 12.4. The van der Waals surface area contributed by atoms with Crippen LogP contribution in [0.25, 0.3) is 11.3 Å². The quantitative estimate of drug-likeness (QED) is 0.574. The van der Waals surface area contributed by atoms with Gasteiger partial charge in [-0.2, -0.15) is 10.2 Å². The van der Waals surface area contributed by atoms with Crippen LogP contribution in [0, 0.1) is 0 Å². The first-order valence-corrected chi connectivity index (χ1v) is 7.72. The third-order valence-electron chi connectivity index (χ3n) is 4.10. The second kappa shape index (κ2) is 6.08. The van der Waals surface area contributed by atoms with Gasteiger partial charge in [0, 0.05) is 23.5 Å². The fourth-order valence-corrected chi connectivity index (χ4v) is 2.92. The zero-order valence-corrected chi connectivity index (χ0v) is 12.9. The molecule has 0 atom stereocenters. The SMILES string of the molecule is O=C(N/N=C\c1ccncc1)c1[nH]nc2c1CCc1ccccc1-2. The summed E-state index contributed by atoms with van der Waals surface area (Å²) in [5.41, 5.74) is 8.06. The summed E-state index contributed by atoms with van der Waals surface area (Å²) < 4.78 is 0. The second-order valence-corrected chi connectivity index (χ2v) is 5.56. The fourth-order valence-electron chi connectivity index (χ4n) is 2.92. The highest BCUT2D eigenvalue weighted by Crippen LogP contribution is 2.33. The van der Waals surface area contributed by atoms with Crippen molar-refractivity contribution in [3.8, 4) is 11.3 Å². The Hall–Kier alpha value is -3.28. The number of benzene rings is 1. The van der Waals surface area contributed by atoms with Crippen LogP contribution in [0.15, 0.2) is 53.9 Å². The Labute approximate surface area is 138 Å². The molecule has 0 fully saturated rings. The number of amides is 1. The van der Waals surface area contributed by atoms with Gasteiger partial charge in [0.25, 0.3) is 5.91 Å². The standard InChI is InChI=1S/C18H15N5O/c24-18(23-20-11-12-7-9-19-10-8-12)17-15-6-5-13-3-1-2-4-14(13)16(15)21-22-17/h1-4,7-11H,5-6H2,(H,21,22)(H,23,24)/b20-11-. The van der Waals surface area contributed by atoms with Crippen molar-refractivity contribution in [3.63, 3.8) is 0 Å². The zero-order valence-electron chi connectivity index (χ0n) is 12.9. The molecule has 2 heterocycles. The summed E-state index contributed by atoms with van der Waals surface area (Å²) in [7, 11) is 0. The molecule has 1 amide bonds. The van der Waals surface area contributed by atoms with Gasteiger partial charge in [-0.25, -0.2) is 5.43 Å². The molecule has 3 aromatic rings. The third-order valence-corrected chi connectivity index (χ3v) is 4.10. The summed E-state index contributed by atoms with van der Waals surface area (Å²) in [5.74, 6) is -0.284. The molecule has 6 nitrogen and oxygen atoms in total. The van der Waals surface area contributed by atoms with E-state index in [-0.39, 0.29) is 5.91 Å². The number of hydrogen-bond acceptors (Lipinski definition) is 4. The molecule has 1 aliphatic rings. The Morgan fingerprint density at radius 1 is 1.17 bits per heavy atom. The summed E-state index contributed by atoms with van der Waals surface area (Å²) in [6.07, 6.45) is 6.62. The lowest BCUT2D eigenvalue weighted by molar-refractivity contribution is 0.0949.